The molecule has 0 spiro atoms. The summed E-state index contributed by atoms with van der Waals surface area (Å²) in [4.78, 5) is 20.0. The number of amides is 1. The van der Waals surface area contributed by atoms with Gasteiger partial charge in [0.2, 0.25) is 0 Å². The van der Waals surface area contributed by atoms with Crippen LogP contribution in [-0.2, 0) is 0 Å². The second-order valence-corrected chi connectivity index (χ2v) is 4.31. The van der Waals surface area contributed by atoms with Gasteiger partial charge in [-0.1, -0.05) is 0 Å². The minimum atomic E-state index is -1.09. The molecule has 22 heavy (non-hydrogen) atoms. The van der Waals surface area contributed by atoms with Gasteiger partial charge in [-0.2, -0.15) is 5.10 Å². The maximum Gasteiger partial charge on any atom is 0.255 e. The van der Waals surface area contributed by atoms with E-state index in [1.807, 2.05) is 0 Å². The third kappa shape index (κ3) is 2.80. The number of nitrogens with one attached hydrogen (secondary N) is 1. The highest BCUT2D eigenvalue weighted by atomic mass is 19.2. The van der Waals surface area contributed by atoms with Gasteiger partial charge < -0.3 is 5.32 Å². The second kappa shape index (κ2) is 5.68. The third-order valence-electron chi connectivity index (χ3n) is 2.79. The van der Waals surface area contributed by atoms with Crippen molar-refractivity contribution in [3.63, 3.8) is 0 Å². The Labute approximate surface area is 123 Å². The van der Waals surface area contributed by atoms with E-state index in [0.29, 0.717) is 11.6 Å². The lowest BCUT2D eigenvalue weighted by molar-refractivity contribution is 0.102. The summed E-state index contributed by atoms with van der Waals surface area (Å²) in [7, 11) is 0. The van der Waals surface area contributed by atoms with Gasteiger partial charge in [0.05, 0.1) is 18.1 Å². The number of hydrogen-bond acceptors (Lipinski definition) is 4. The first-order valence-corrected chi connectivity index (χ1v) is 6.22. The average Bonchev–Trinajstić information content (AvgIpc) is 3.05. The van der Waals surface area contributed by atoms with Gasteiger partial charge in [0.1, 0.15) is 0 Å². The highest BCUT2D eigenvalue weighted by Gasteiger charge is 2.10. The van der Waals surface area contributed by atoms with Crippen LogP contribution >= 0.6 is 0 Å². The zero-order chi connectivity index (χ0) is 15.5. The van der Waals surface area contributed by atoms with Crippen molar-refractivity contribution in [2.75, 3.05) is 5.32 Å². The summed E-state index contributed by atoms with van der Waals surface area (Å²) >= 11 is 0. The summed E-state index contributed by atoms with van der Waals surface area (Å²) in [6.07, 6.45) is 6.04. The quantitative estimate of drug-likeness (QED) is 0.805. The van der Waals surface area contributed by atoms with Crippen LogP contribution in [-0.4, -0.2) is 25.7 Å². The Kier molecular flexibility index (Phi) is 3.57. The third-order valence-corrected chi connectivity index (χ3v) is 2.79. The Bertz CT molecular complexity index is 803. The van der Waals surface area contributed by atoms with Crippen LogP contribution in [0.15, 0.2) is 49.1 Å². The Morgan fingerprint density at radius 1 is 1.14 bits per heavy atom. The van der Waals surface area contributed by atoms with E-state index < -0.39 is 17.5 Å². The lowest BCUT2D eigenvalue weighted by Crippen LogP contribution is -2.13. The van der Waals surface area contributed by atoms with Crippen LogP contribution in [0.5, 0.6) is 0 Å². The molecule has 0 bridgehead atoms. The van der Waals surface area contributed by atoms with E-state index in [0.717, 1.165) is 12.1 Å². The zero-order valence-corrected chi connectivity index (χ0v) is 11.1. The number of nitrogens with zero attached hydrogens (tertiary/aromatic N) is 4. The van der Waals surface area contributed by atoms with Gasteiger partial charge in [-0.3, -0.25) is 4.79 Å². The first-order valence-electron chi connectivity index (χ1n) is 6.22. The first kappa shape index (κ1) is 13.8. The van der Waals surface area contributed by atoms with Crippen molar-refractivity contribution in [1.82, 2.24) is 19.7 Å². The molecule has 0 radical (unpaired) electrons. The minimum Gasteiger partial charge on any atom is -0.319 e. The van der Waals surface area contributed by atoms with Gasteiger partial charge in [0.25, 0.3) is 11.9 Å². The molecular weight excluding hydrogens is 292 g/mol. The summed E-state index contributed by atoms with van der Waals surface area (Å²) in [5.74, 6) is -2.34. The summed E-state index contributed by atoms with van der Waals surface area (Å²) in [5.41, 5.74) is 0.320. The molecule has 3 aromatic rings. The molecule has 0 unspecified atom stereocenters. The van der Waals surface area contributed by atoms with E-state index in [-0.39, 0.29) is 5.56 Å². The van der Waals surface area contributed by atoms with E-state index in [1.165, 1.54) is 23.1 Å². The highest BCUT2D eigenvalue weighted by molar-refractivity contribution is 6.04. The lowest BCUT2D eigenvalue weighted by Gasteiger charge is -2.06. The number of rotatable bonds is 3. The Morgan fingerprint density at radius 3 is 2.55 bits per heavy atom. The number of benzene rings is 1. The molecule has 6 nitrogen and oxygen atoms in total. The number of carbonyl (C=O) groups excluding carboxylic acids is 1. The number of carbonyl (C=O) groups is 1. The normalized spacial score (nSPS) is 10.5. The molecule has 3 rings (SSSR count). The van der Waals surface area contributed by atoms with Gasteiger partial charge in [0, 0.05) is 18.0 Å². The monoisotopic (exact) mass is 301 g/mol. The predicted octanol–water partition coefficient (Wildman–Crippen LogP) is 2.19. The van der Waals surface area contributed by atoms with Crippen molar-refractivity contribution in [2.24, 2.45) is 0 Å². The number of aromatic nitrogens is 4. The molecule has 1 N–H and O–H groups in total. The van der Waals surface area contributed by atoms with Crippen molar-refractivity contribution in [3.05, 3.63) is 66.3 Å². The topological polar surface area (TPSA) is 72.7 Å². The maximum atomic E-state index is 13.1. The van der Waals surface area contributed by atoms with E-state index in [9.17, 15) is 13.6 Å². The molecule has 0 saturated heterocycles. The van der Waals surface area contributed by atoms with Crippen LogP contribution in [0.1, 0.15) is 10.4 Å². The molecule has 1 amide bonds. The summed E-state index contributed by atoms with van der Waals surface area (Å²) < 4.78 is 27.4. The van der Waals surface area contributed by atoms with Crippen LogP contribution in [0, 0.1) is 11.6 Å². The highest BCUT2D eigenvalue weighted by Crippen LogP contribution is 2.12. The van der Waals surface area contributed by atoms with Gasteiger partial charge in [-0.15, -0.1) is 0 Å². The molecular formula is C14H9F2N5O. The Balaban J connectivity index is 1.75. The molecule has 0 atom stereocenters. The molecule has 0 aliphatic carbocycles. The molecule has 0 fully saturated rings. The zero-order valence-electron chi connectivity index (χ0n) is 11.1. The van der Waals surface area contributed by atoms with Gasteiger partial charge in [-0.25, -0.2) is 23.4 Å². The lowest BCUT2D eigenvalue weighted by atomic mass is 10.2. The van der Waals surface area contributed by atoms with Crippen molar-refractivity contribution in [3.8, 4) is 5.95 Å². The molecule has 0 aliphatic rings. The van der Waals surface area contributed by atoms with Crippen LogP contribution in [0.4, 0.5) is 14.5 Å². The predicted molar refractivity (Wildman–Crippen MR) is 73.5 cm³/mol. The van der Waals surface area contributed by atoms with Crippen molar-refractivity contribution >= 4 is 11.6 Å². The SMILES string of the molecule is O=C(Nc1cnc(-n2cccn2)nc1)c1ccc(F)c(F)c1. The van der Waals surface area contributed by atoms with Crippen LogP contribution in [0.25, 0.3) is 5.95 Å². The van der Waals surface area contributed by atoms with Crippen molar-refractivity contribution in [2.45, 2.75) is 0 Å². The summed E-state index contributed by atoms with van der Waals surface area (Å²) in [5, 5.41) is 6.46. The molecule has 8 heteroatoms. The fourth-order valence-electron chi connectivity index (χ4n) is 1.73. The van der Waals surface area contributed by atoms with Crippen molar-refractivity contribution in [1.29, 1.82) is 0 Å². The van der Waals surface area contributed by atoms with E-state index in [4.69, 9.17) is 0 Å². The largest absolute Gasteiger partial charge is 0.319 e. The van der Waals surface area contributed by atoms with Gasteiger partial charge in [0.15, 0.2) is 11.6 Å². The number of hydrogen-bond donors (Lipinski definition) is 1. The molecule has 0 saturated carbocycles. The fourth-order valence-corrected chi connectivity index (χ4v) is 1.73. The van der Waals surface area contributed by atoms with Crippen LogP contribution in [0.3, 0.4) is 0 Å². The average molecular weight is 301 g/mol. The second-order valence-electron chi connectivity index (χ2n) is 4.31. The summed E-state index contributed by atoms with van der Waals surface area (Å²) in [6, 6.07) is 4.63. The summed E-state index contributed by atoms with van der Waals surface area (Å²) in [6.45, 7) is 0. The molecule has 0 aliphatic heterocycles. The molecule has 2 aromatic heterocycles. The van der Waals surface area contributed by atoms with Crippen LogP contribution < -0.4 is 5.32 Å². The number of halogens is 2. The van der Waals surface area contributed by atoms with E-state index in [1.54, 1.807) is 18.5 Å². The first-order chi connectivity index (χ1) is 10.6. The Hall–Kier alpha value is -3.16. The van der Waals surface area contributed by atoms with Gasteiger partial charge in [-0.05, 0) is 24.3 Å². The number of anilines is 1. The Morgan fingerprint density at radius 2 is 1.91 bits per heavy atom. The van der Waals surface area contributed by atoms with Crippen LogP contribution in [0.2, 0.25) is 0 Å². The standard InChI is InChI=1S/C14H9F2N5O/c15-11-3-2-9(6-12(11)16)13(22)20-10-7-17-14(18-8-10)21-5-1-4-19-21/h1-8H,(H,20,22). The van der Waals surface area contributed by atoms with E-state index in [2.05, 4.69) is 20.4 Å². The minimum absolute atomic E-state index is 0.00458. The molecule has 2 heterocycles. The van der Waals surface area contributed by atoms with Gasteiger partial charge >= 0.3 is 0 Å². The molecule has 110 valence electrons. The van der Waals surface area contributed by atoms with Crippen molar-refractivity contribution < 1.29 is 13.6 Å². The maximum absolute atomic E-state index is 13.1. The smallest absolute Gasteiger partial charge is 0.255 e. The fraction of sp³-hybridized carbons (Fsp3) is 0. The molecule has 1 aromatic carbocycles. The van der Waals surface area contributed by atoms with E-state index >= 15 is 0 Å².